The van der Waals surface area contributed by atoms with Crippen molar-refractivity contribution < 1.29 is 14.3 Å². The first kappa shape index (κ1) is 12.4. The summed E-state index contributed by atoms with van der Waals surface area (Å²) in [5.74, 6) is -0.344. The average Bonchev–Trinajstić information content (AvgIpc) is 2.30. The van der Waals surface area contributed by atoms with Crippen molar-refractivity contribution in [2.45, 2.75) is 13.5 Å². The third kappa shape index (κ3) is 5.26. The Labute approximate surface area is 94.9 Å². The number of carbonyl (C=O) groups is 1. The topological polar surface area (TPSA) is 48.4 Å². The first-order chi connectivity index (χ1) is 7.83. The van der Waals surface area contributed by atoms with Crippen LogP contribution in [0.15, 0.2) is 36.5 Å². The quantitative estimate of drug-likeness (QED) is 0.417. The number of rotatable bonds is 6. The highest BCUT2D eigenvalue weighted by molar-refractivity contribution is 5.81. The van der Waals surface area contributed by atoms with Gasteiger partial charge in [0.05, 0.1) is 25.5 Å². The van der Waals surface area contributed by atoms with E-state index in [2.05, 4.69) is 4.98 Å². The second kappa shape index (κ2) is 7.59. The van der Waals surface area contributed by atoms with Gasteiger partial charge in [0.1, 0.15) is 0 Å². The van der Waals surface area contributed by atoms with Gasteiger partial charge in [-0.25, -0.2) is 4.79 Å². The highest BCUT2D eigenvalue weighted by Crippen LogP contribution is 1.95. The van der Waals surface area contributed by atoms with Crippen LogP contribution < -0.4 is 0 Å². The van der Waals surface area contributed by atoms with Gasteiger partial charge in [-0.05, 0) is 19.1 Å². The molecule has 16 heavy (non-hydrogen) atoms. The van der Waals surface area contributed by atoms with E-state index in [9.17, 15) is 4.79 Å². The van der Waals surface area contributed by atoms with Crippen LogP contribution in [-0.4, -0.2) is 24.2 Å². The summed E-state index contributed by atoms with van der Waals surface area (Å²) in [5.41, 5.74) is 0.868. The van der Waals surface area contributed by atoms with Crippen molar-refractivity contribution in [1.82, 2.24) is 4.98 Å². The number of hydrogen-bond donors (Lipinski definition) is 0. The summed E-state index contributed by atoms with van der Waals surface area (Å²) in [6.45, 7) is 2.96. The fourth-order valence-electron chi connectivity index (χ4n) is 1.05. The standard InChI is InChI=1S/C12H15NO3/c1-2-16-12(14)7-5-9-15-10-11-6-3-4-8-13-11/h3-8H,2,9-10H2,1H3/b7-5+. The highest BCUT2D eigenvalue weighted by atomic mass is 16.5. The number of hydrogen-bond acceptors (Lipinski definition) is 4. The Bertz CT molecular complexity index is 335. The van der Waals surface area contributed by atoms with E-state index in [0.717, 1.165) is 5.69 Å². The minimum atomic E-state index is -0.344. The molecular weight excluding hydrogens is 206 g/mol. The summed E-state index contributed by atoms with van der Waals surface area (Å²) >= 11 is 0. The van der Waals surface area contributed by atoms with Gasteiger partial charge in [0.25, 0.3) is 0 Å². The summed E-state index contributed by atoms with van der Waals surface area (Å²) in [6.07, 6.45) is 4.70. The molecule has 0 aliphatic rings. The normalized spacial score (nSPS) is 10.6. The van der Waals surface area contributed by atoms with Crippen LogP contribution in [0.5, 0.6) is 0 Å². The zero-order valence-corrected chi connectivity index (χ0v) is 9.26. The van der Waals surface area contributed by atoms with Crippen molar-refractivity contribution in [3.05, 3.63) is 42.2 Å². The molecule has 0 fully saturated rings. The SMILES string of the molecule is CCOC(=O)/C=C/COCc1ccccn1. The van der Waals surface area contributed by atoms with Gasteiger partial charge in [-0.15, -0.1) is 0 Å². The summed E-state index contributed by atoms with van der Waals surface area (Å²) in [4.78, 5) is 15.0. The molecule has 0 aliphatic heterocycles. The first-order valence-corrected chi connectivity index (χ1v) is 5.14. The lowest BCUT2D eigenvalue weighted by Gasteiger charge is -1.99. The third-order valence-electron chi connectivity index (χ3n) is 1.73. The number of aromatic nitrogens is 1. The number of pyridine rings is 1. The molecule has 0 amide bonds. The predicted octanol–water partition coefficient (Wildman–Crippen LogP) is 1.72. The minimum absolute atomic E-state index is 0.344. The van der Waals surface area contributed by atoms with Gasteiger partial charge in [-0.2, -0.15) is 0 Å². The van der Waals surface area contributed by atoms with Crippen LogP contribution in [0.25, 0.3) is 0 Å². The summed E-state index contributed by atoms with van der Waals surface area (Å²) in [7, 11) is 0. The number of carbonyl (C=O) groups excluding carboxylic acids is 1. The molecule has 0 N–H and O–H groups in total. The molecule has 0 radical (unpaired) electrons. The van der Waals surface area contributed by atoms with Crippen molar-refractivity contribution in [3.63, 3.8) is 0 Å². The molecule has 0 aromatic carbocycles. The lowest BCUT2D eigenvalue weighted by molar-refractivity contribution is -0.137. The molecule has 0 saturated carbocycles. The van der Waals surface area contributed by atoms with Crippen molar-refractivity contribution >= 4 is 5.97 Å². The van der Waals surface area contributed by atoms with Crippen LogP contribution in [0.1, 0.15) is 12.6 Å². The molecule has 1 aromatic rings. The zero-order valence-electron chi connectivity index (χ0n) is 9.26. The van der Waals surface area contributed by atoms with Crippen LogP contribution >= 0.6 is 0 Å². The lowest BCUT2D eigenvalue weighted by Crippen LogP contribution is -2.00. The maximum Gasteiger partial charge on any atom is 0.330 e. The summed E-state index contributed by atoms with van der Waals surface area (Å²) in [5, 5.41) is 0. The number of esters is 1. The molecule has 0 spiro atoms. The Kier molecular flexibility index (Phi) is 5.88. The monoisotopic (exact) mass is 221 g/mol. The van der Waals surface area contributed by atoms with Gasteiger partial charge in [-0.1, -0.05) is 12.1 Å². The largest absolute Gasteiger partial charge is 0.463 e. The van der Waals surface area contributed by atoms with Gasteiger partial charge >= 0.3 is 5.97 Å². The van der Waals surface area contributed by atoms with Crippen LogP contribution in [-0.2, 0) is 20.9 Å². The second-order valence-corrected chi connectivity index (χ2v) is 2.99. The van der Waals surface area contributed by atoms with E-state index in [1.165, 1.54) is 6.08 Å². The molecule has 0 bridgehead atoms. The van der Waals surface area contributed by atoms with E-state index in [1.54, 1.807) is 19.2 Å². The first-order valence-electron chi connectivity index (χ1n) is 5.14. The van der Waals surface area contributed by atoms with Crippen LogP contribution in [0, 0.1) is 0 Å². The second-order valence-electron chi connectivity index (χ2n) is 2.99. The number of nitrogens with zero attached hydrogens (tertiary/aromatic N) is 1. The van der Waals surface area contributed by atoms with Crippen LogP contribution in [0.2, 0.25) is 0 Å². The lowest BCUT2D eigenvalue weighted by atomic mass is 10.4. The van der Waals surface area contributed by atoms with E-state index in [4.69, 9.17) is 9.47 Å². The average molecular weight is 221 g/mol. The van der Waals surface area contributed by atoms with Gasteiger partial charge in [0.2, 0.25) is 0 Å². The Morgan fingerprint density at radius 3 is 3.06 bits per heavy atom. The molecular formula is C12H15NO3. The Hall–Kier alpha value is -1.68. The van der Waals surface area contributed by atoms with Gasteiger partial charge in [-0.3, -0.25) is 4.98 Å². The Morgan fingerprint density at radius 2 is 2.38 bits per heavy atom. The Morgan fingerprint density at radius 1 is 1.50 bits per heavy atom. The van der Waals surface area contributed by atoms with E-state index < -0.39 is 0 Å². The summed E-state index contributed by atoms with van der Waals surface area (Å²) in [6, 6.07) is 5.64. The predicted molar refractivity (Wildman–Crippen MR) is 59.7 cm³/mol. The minimum Gasteiger partial charge on any atom is -0.463 e. The molecule has 0 saturated heterocycles. The summed E-state index contributed by atoms with van der Waals surface area (Å²) < 4.78 is 10.0. The molecule has 1 rings (SSSR count). The number of ether oxygens (including phenoxy) is 2. The fraction of sp³-hybridized carbons (Fsp3) is 0.333. The maximum absolute atomic E-state index is 10.9. The van der Waals surface area contributed by atoms with E-state index in [1.807, 2.05) is 18.2 Å². The third-order valence-corrected chi connectivity index (χ3v) is 1.73. The molecule has 4 nitrogen and oxygen atoms in total. The van der Waals surface area contributed by atoms with Gasteiger partial charge in [0.15, 0.2) is 0 Å². The molecule has 4 heteroatoms. The highest BCUT2D eigenvalue weighted by Gasteiger charge is 1.93. The van der Waals surface area contributed by atoms with Gasteiger partial charge in [0, 0.05) is 12.3 Å². The zero-order chi connectivity index (χ0) is 11.6. The van der Waals surface area contributed by atoms with Gasteiger partial charge < -0.3 is 9.47 Å². The molecule has 1 heterocycles. The Balaban J connectivity index is 2.15. The van der Waals surface area contributed by atoms with Crippen LogP contribution in [0.3, 0.4) is 0 Å². The molecule has 0 unspecified atom stereocenters. The van der Waals surface area contributed by atoms with Crippen molar-refractivity contribution in [2.24, 2.45) is 0 Å². The molecule has 0 atom stereocenters. The van der Waals surface area contributed by atoms with E-state index >= 15 is 0 Å². The molecule has 0 aliphatic carbocycles. The van der Waals surface area contributed by atoms with Crippen molar-refractivity contribution in [2.75, 3.05) is 13.2 Å². The molecule has 86 valence electrons. The van der Waals surface area contributed by atoms with Crippen molar-refractivity contribution in [1.29, 1.82) is 0 Å². The molecule has 1 aromatic heterocycles. The van der Waals surface area contributed by atoms with E-state index in [0.29, 0.717) is 19.8 Å². The van der Waals surface area contributed by atoms with Crippen LogP contribution in [0.4, 0.5) is 0 Å². The smallest absolute Gasteiger partial charge is 0.330 e. The van der Waals surface area contributed by atoms with Crippen molar-refractivity contribution in [3.8, 4) is 0 Å². The maximum atomic E-state index is 10.9. The van der Waals surface area contributed by atoms with E-state index in [-0.39, 0.29) is 5.97 Å². The fourth-order valence-corrected chi connectivity index (χ4v) is 1.05.